The number of aryl methyl sites for hydroxylation is 1. The maximum atomic E-state index is 9.38. The van der Waals surface area contributed by atoms with E-state index in [9.17, 15) is 5.11 Å². The molecule has 16 heavy (non-hydrogen) atoms. The summed E-state index contributed by atoms with van der Waals surface area (Å²) in [6.07, 6.45) is 4.41. The number of benzene rings is 1. The lowest BCUT2D eigenvalue weighted by atomic mass is 10.2. The van der Waals surface area contributed by atoms with E-state index in [2.05, 4.69) is 0 Å². The first kappa shape index (κ1) is 13.4. The SMILES string of the molecule is Cc1cc(SCCCCCCO)ccc1O. The molecule has 0 heterocycles. The van der Waals surface area contributed by atoms with Crippen molar-refractivity contribution in [3.05, 3.63) is 23.8 Å². The Kier molecular flexibility index (Phi) is 6.34. The van der Waals surface area contributed by atoms with Gasteiger partial charge < -0.3 is 10.2 Å². The molecule has 0 saturated carbocycles. The first-order chi connectivity index (χ1) is 7.74. The number of aliphatic hydroxyl groups is 1. The number of aliphatic hydroxyl groups excluding tert-OH is 1. The molecule has 0 aliphatic carbocycles. The fraction of sp³-hybridized carbons (Fsp3) is 0.538. The normalized spacial score (nSPS) is 10.6. The Labute approximate surface area is 102 Å². The number of hydrogen-bond acceptors (Lipinski definition) is 3. The van der Waals surface area contributed by atoms with Crippen LogP contribution in [0.3, 0.4) is 0 Å². The van der Waals surface area contributed by atoms with Gasteiger partial charge in [-0.1, -0.05) is 12.8 Å². The first-order valence-corrected chi connectivity index (χ1v) is 6.76. The van der Waals surface area contributed by atoms with Gasteiger partial charge in [-0.05, 0) is 49.3 Å². The van der Waals surface area contributed by atoms with Gasteiger partial charge in [0, 0.05) is 11.5 Å². The zero-order valence-corrected chi connectivity index (χ0v) is 10.6. The molecule has 0 aromatic heterocycles. The van der Waals surface area contributed by atoms with Crippen LogP contribution in [0.25, 0.3) is 0 Å². The van der Waals surface area contributed by atoms with E-state index >= 15 is 0 Å². The molecule has 0 amide bonds. The molecule has 3 heteroatoms. The van der Waals surface area contributed by atoms with Crippen LogP contribution in [0.1, 0.15) is 31.2 Å². The molecule has 0 bridgehead atoms. The van der Waals surface area contributed by atoms with Gasteiger partial charge in [-0.15, -0.1) is 11.8 Å². The van der Waals surface area contributed by atoms with Crippen molar-refractivity contribution in [3.8, 4) is 5.75 Å². The molecular formula is C13H20O2S. The molecule has 0 aliphatic heterocycles. The minimum Gasteiger partial charge on any atom is -0.508 e. The van der Waals surface area contributed by atoms with Crippen LogP contribution < -0.4 is 0 Å². The van der Waals surface area contributed by atoms with Gasteiger partial charge in [0.25, 0.3) is 0 Å². The molecule has 0 atom stereocenters. The third-order valence-corrected chi connectivity index (χ3v) is 3.57. The summed E-state index contributed by atoms with van der Waals surface area (Å²) in [5, 5.41) is 18.0. The van der Waals surface area contributed by atoms with Gasteiger partial charge in [-0.25, -0.2) is 0 Å². The number of thioether (sulfide) groups is 1. The predicted molar refractivity (Wildman–Crippen MR) is 69.1 cm³/mol. The molecular weight excluding hydrogens is 220 g/mol. The van der Waals surface area contributed by atoms with Gasteiger partial charge in [-0.3, -0.25) is 0 Å². The molecule has 0 fully saturated rings. The van der Waals surface area contributed by atoms with Crippen molar-refractivity contribution in [2.75, 3.05) is 12.4 Å². The van der Waals surface area contributed by atoms with Crippen molar-refractivity contribution >= 4 is 11.8 Å². The summed E-state index contributed by atoms with van der Waals surface area (Å²) in [6.45, 7) is 2.23. The monoisotopic (exact) mass is 240 g/mol. The molecule has 0 spiro atoms. The highest BCUT2D eigenvalue weighted by atomic mass is 32.2. The highest BCUT2D eigenvalue weighted by Gasteiger charge is 1.98. The molecule has 0 saturated heterocycles. The molecule has 1 aromatic rings. The van der Waals surface area contributed by atoms with Crippen molar-refractivity contribution in [1.82, 2.24) is 0 Å². The first-order valence-electron chi connectivity index (χ1n) is 5.77. The molecule has 2 nitrogen and oxygen atoms in total. The maximum Gasteiger partial charge on any atom is 0.118 e. The molecule has 0 unspecified atom stereocenters. The van der Waals surface area contributed by atoms with Crippen molar-refractivity contribution < 1.29 is 10.2 Å². The van der Waals surface area contributed by atoms with E-state index < -0.39 is 0 Å². The van der Waals surface area contributed by atoms with Crippen LogP contribution in [-0.4, -0.2) is 22.6 Å². The summed E-state index contributed by atoms with van der Waals surface area (Å²) in [6, 6.07) is 5.73. The van der Waals surface area contributed by atoms with Crippen molar-refractivity contribution in [3.63, 3.8) is 0 Å². The third-order valence-electron chi connectivity index (χ3n) is 2.49. The lowest BCUT2D eigenvalue weighted by molar-refractivity contribution is 0.283. The van der Waals surface area contributed by atoms with Crippen molar-refractivity contribution in [1.29, 1.82) is 0 Å². The van der Waals surface area contributed by atoms with E-state index in [1.165, 1.54) is 17.7 Å². The highest BCUT2D eigenvalue weighted by Crippen LogP contribution is 2.25. The van der Waals surface area contributed by atoms with Crippen LogP contribution in [0, 0.1) is 6.92 Å². The third kappa shape index (κ3) is 4.90. The number of rotatable bonds is 7. The number of phenolic OH excluding ortho intramolecular Hbond substituents is 1. The van der Waals surface area contributed by atoms with Gasteiger partial charge in [0.2, 0.25) is 0 Å². The highest BCUT2D eigenvalue weighted by molar-refractivity contribution is 7.99. The average molecular weight is 240 g/mol. The lowest BCUT2D eigenvalue weighted by Gasteiger charge is -2.04. The molecule has 1 rings (SSSR count). The van der Waals surface area contributed by atoms with Crippen LogP contribution in [0.5, 0.6) is 5.75 Å². The molecule has 1 aromatic carbocycles. The number of unbranched alkanes of at least 4 members (excludes halogenated alkanes) is 3. The Bertz CT molecular complexity index is 313. The van der Waals surface area contributed by atoms with Crippen LogP contribution in [0.4, 0.5) is 0 Å². The Morgan fingerprint density at radius 2 is 1.88 bits per heavy atom. The fourth-order valence-corrected chi connectivity index (χ4v) is 2.48. The van der Waals surface area contributed by atoms with Crippen LogP contribution >= 0.6 is 11.8 Å². The zero-order valence-electron chi connectivity index (χ0n) is 9.78. The molecule has 0 aliphatic rings. The summed E-state index contributed by atoms with van der Waals surface area (Å²) in [5.41, 5.74) is 0.935. The Morgan fingerprint density at radius 3 is 2.56 bits per heavy atom. The topological polar surface area (TPSA) is 40.5 Å². The van der Waals surface area contributed by atoms with E-state index in [4.69, 9.17) is 5.11 Å². The number of phenols is 1. The van der Waals surface area contributed by atoms with Gasteiger partial charge in [0.15, 0.2) is 0 Å². The maximum absolute atomic E-state index is 9.38. The summed E-state index contributed by atoms with van der Waals surface area (Å²) >= 11 is 1.83. The van der Waals surface area contributed by atoms with E-state index in [1.807, 2.05) is 30.8 Å². The van der Waals surface area contributed by atoms with Gasteiger partial charge >= 0.3 is 0 Å². The van der Waals surface area contributed by atoms with Crippen LogP contribution in [-0.2, 0) is 0 Å². The standard InChI is InChI=1S/C13H20O2S/c1-11-10-12(6-7-13(11)15)16-9-5-3-2-4-8-14/h6-7,10,14-15H,2-5,8-9H2,1H3. The number of aromatic hydroxyl groups is 1. The van der Waals surface area contributed by atoms with Crippen molar-refractivity contribution in [2.24, 2.45) is 0 Å². The van der Waals surface area contributed by atoms with E-state index in [0.29, 0.717) is 12.4 Å². The number of hydrogen-bond donors (Lipinski definition) is 2. The summed E-state index contributed by atoms with van der Waals surface area (Å²) in [5.74, 6) is 1.47. The molecule has 2 N–H and O–H groups in total. The van der Waals surface area contributed by atoms with Crippen molar-refractivity contribution in [2.45, 2.75) is 37.5 Å². The Hall–Kier alpha value is -0.670. The minimum absolute atomic E-state index is 0.310. The lowest BCUT2D eigenvalue weighted by Crippen LogP contribution is -1.85. The summed E-state index contributed by atoms with van der Waals surface area (Å²) in [7, 11) is 0. The second-order valence-corrected chi connectivity index (χ2v) is 5.10. The van der Waals surface area contributed by atoms with Gasteiger partial charge in [-0.2, -0.15) is 0 Å². The summed E-state index contributed by atoms with van der Waals surface area (Å²) < 4.78 is 0. The largest absolute Gasteiger partial charge is 0.508 e. The van der Waals surface area contributed by atoms with Crippen LogP contribution in [0.15, 0.2) is 23.1 Å². The second-order valence-electron chi connectivity index (χ2n) is 3.93. The Morgan fingerprint density at radius 1 is 1.12 bits per heavy atom. The Balaban J connectivity index is 2.19. The van der Waals surface area contributed by atoms with E-state index in [1.54, 1.807) is 6.07 Å². The van der Waals surface area contributed by atoms with E-state index in [0.717, 1.165) is 24.2 Å². The molecule has 90 valence electrons. The van der Waals surface area contributed by atoms with E-state index in [-0.39, 0.29) is 0 Å². The smallest absolute Gasteiger partial charge is 0.118 e. The average Bonchev–Trinajstić information content (AvgIpc) is 2.28. The van der Waals surface area contributed by atoms with Gasteiger partial charge in [0.05, 0.1) is 0 Å². The van der Waals surface area contributed by atoms with Crippen LogP contribution in [0.2, 0.25) is 0 Å². The second kappa shape index (κ2) is 7.58. The minimum atomic E-state index is 0.310. The fourth-order valence-electron chi connectivity index (χ4n) is 1.48. The molecule has 0 radical (unpaired) electrons. The van der Waals surface area contributed by atoms with Gasteiger partial charge in [0.1, 0.15) is 5.75 Å². The summed E-state index contributed by atoms with van der Waals surface area (Å²) in [4.78, 5) is 1.22. The quantitative estimate of drug-likeness (QED) is 0.567. The zero-order chi connectivity index (χ0) is 11.8. The predicted octanol–water partition coefficient (Wildman–Crippen LogP) is 3.35.